The normalized spacial score (nSPS) is 10.5. The summed E-state index contributed by atoms with van der Waals surface area (Å²) >= 11 is 1.29. The van der Waals surface area contributed by atoms with E-state index in [-0.39, 0.29) is 5.56 Å². The SMILES string of the molecule is Cc1ccc(C(=O)O)c2nscc12. The number of fused-ring (bicyclic) bond motifs is 1. The van der Waals surface area contributed by atoms with Crippen LogP contribution in [0.25, 0.3) is 10.9 Å². The number of benzene rings is 1. The van der Waals surface area contributed by atoms with Gasteiger partial charge in [-0.1, -0.05) is 6.07 Å². The number of hydrogen-bond donors (Lipinski definition) is 1. The van der Waals surface area contributed by atoms with E-state index in [0.29, 0.717) is 5.52 Å². The number of aryl methyl sites for hydroxylation is 1. The van der Waals surface area contributed by atoms with E-state index in [1.54, 1.807) is 12.1 Å². The van der Waals surface area contributed by atoms with Crippen molar-refractivity contribution in [2.75, 3.05) is 0 Å². The Bertz CT molecular complexity index is 475. The molecule has 0 saturated heterocycles. The van der Waals surface area contributed by atoms with Crippen molar-refractivity contribution < 1.29 is 9.90 Å². The Hall–Kier alpha value is -1.42. The van der Waals surface area contributed by atoms with Gasteiger partial charge in [-0.2, -0.15) is 4.37 Å². The fourth-order valence-corrected chi connectivity index (χ4v) is 2.02. The van der Waals surface area contributed by atoms with E-state index in [4.69, 9.17) is 5.11 Å². The second-order valence-corrected chi connectivity index (χ2v) is 3.44. The van der Waals surface area contributed by atoms with Gasteiger partial charge in [0, 0.05) is 10.8 Å². The average Bonchev–Trinajstić information content (AvgIpc) is 2.53. The molecule has 1 N–H and O–H groups in total. The first-order valence-corrected chi connectivity index (χ1v) is 4.61. The first-order chi connectivity index (χ1) is 6.20. The van der Waals surface area contributed by atoms with Crippen LogP contribution in [0.15, 0.2) is 17.5 Å². The fraction of sp³-hybridized carbons (Fsp3) is 0.111. The third kappa shape index (κ3) is 1.19. The lowest BCUT2D eigenvalue weighted by atomic mass is 10.1. The molecule has 0 radical (unpaired) electrons. The molecular weight excluding hydrogens is 186 g/mol. The Morgan fingerprint density at radius 1 is 1.54 bits per heavy atom. The van der Waals surface area contributed by atoms with Gasteiger partial charge in [0.05, 0.1) is 11.1 Å². The van der Waals surface area contributed by atoms with Crippen molar-refractivity contribution in [3.63, 3.8) is 0 Å². The van der Waals surface area contributed by atoms with E-state index in [1.165, 1.54) is 11.5 Å². The summed E-state index contributed by atoms with van der Waals surface area (Å²) in [5.74, 6) is -0.920. The topological polar surface area (TPSA) is 50.2 Å². The van der Waals surface area contributed by atoms with Gasteiger partial charge in [0.1, 0.15) is 0 Å². The monoisotopic (exact) mass is 193 g/mol. The highest BCUT2D eigenvalue weighted by Gasteiger charge is 2.11. The van der Waals surface area contributed by atoms with Crippen molar-refractivity contribution >= 4 is 28.4 Å². The van der Waals surface area contributed by atoms with Crippen LogP contribution in [0.5, 0.6) is 0 Å². The molecule has 0 aliphatic rings. The number of nitrogens with zero attached hydrogens (tertiary/aromatic N) is 1. The Morgan fingerprint density at radius 3 is 3.00 bits per heavy atom. The van der Waals surface area contributed by atoms with Gasteiger partial charge in [-0.15, -0.1) is 0 Å². The summed E-state index contributed by atoms with van der Waals surface area (Å²) in [4.78, 5) is 10.8. The average molecular weight is 193 g/mol. The predicted molar refractivity (Wildman–Crippen MR) is 51.3 cm³/mol. The number of aromatic carboxylic acids is 1. The zero-order valence-electron chi connectivity index (χ0n) is 6.94. The molecule has 4 heteroatoms. The van der Waals surface area contributed by atoms with Gasteiger partial charge in [0.25, 0.3) is 0 Å². The second-order valence-electron chi connectivity index (χ2n) is 2.81. The van der Waals surface area contributed by atoms with Crippen LogP contribution in [0.4, 0.5) is 0 Å². The second kappa shape index (κ2) is 2.81. The molecule has 0 fully saturated rings. The minimum atomic E-state index is -0.920. The molecule has 0 aliphatic carbocycles. The molecule has 1 aromatic carbocycles. The van der Waals surface area contributed by atoms with Gasteiger partial charge < -0.3 is 5.11 Å². The van der Waals surface area contributed by atoms with Crippen molar-refractivity contribution in [3.8, 4) is 0 Å². The van der Waals surface area contributed by atoms with Crippen LogP contribution in [0.1, 0.15) is 15.9 Å². The van der Waals surface area contributed by atoms with Crippen molar-refractivity contribution in [1.82, 2.24) is 4.37 Å². The Balaban J connectivity index is 2.86. The van der Waals surface area contributed by atoms with Crippen LogP contribution in [0.2, 0.25) is 0 Å². The van der Waals surface area contributed by atoms with Crippen LogP contribution in [0, 0.1) is 6.92 Å². The molecule has 0 atom stereocenters. The van der Waals surface area contributed by atoms with Crippen LogP contribution in [0.3, 0.4) is 0 Å². The smallest absolute Gasteiger partial charge is 0.337 e. The summed E-state index contributed by atoms with van der Waals surface area (Å²) in [5, 5.41) is 11.7. The van der Waals surface area contributed by atoms with Gasteiger partial charge in [0.2, 0.25) is 0 Å². The van der Waals surface area contributed by atoms with Crippen molar-refractivity contribution in [3.05, 3.63) is 28.6 Å². The maximum atomic E-state index is 10.8. The van der Waals surface area contributed by atoms with Crippen LogP contribution in [-0.2, 0) is 0 Å². The van der Waals surface area contributed by atoms with Crippen LogP contribution in [-0.4, -0.2) is 15.4 Å². The lowest BCUT2D eigenvalue weighted by Crippen LogP contribution is -1.97. The lowest BCUT2D eigenvalue weighted by molar-refractivity contribution is 0.0699. The van der Waals surface area contributed by atoms with Crippen molar-refractivity contribution in [1.29, 1.82) is 0 Å². The van der Waals surface area contributed by atoms with E-state index in [1.807, 2.05) is 12.3 Å². The molecule has 1 heterocycles. The molecule has 66 valence electrons. The summed E-state index contributed by atoms with van der Waals surface area (Å²) in [5.41, 5.74) is 1.94. The number of carboxylic acids is 1. The molecule has 2 aromatic rings. The van der Waals surface area contributed by atoms with Crippen molar-refractivity contribution in [2.24, 2.45) is 0 Å². The third-order valence-electron chi connectivity index (χ3n) is 1.98. The Morgan fingerprint density at radius 2 is 2.31 bits per heavy atom. The van der Waals surface area contributed by atoms with Gasteiger partial charge in [-0.25, -0.2) is 4.79 Å². The number of carboxylic acid groups (broad SMARTS) is 1. The molecule has 0 amide bonds. The van der Waals surface area contributed by atoms with Crippen LogP contribution >= 0.6 is 11.5 Å². The molecule has 0 spiro atoms. The molecule has 0 unspecified atom stereocenters. The first kappa shape index (κ1) is 8.19. The highest BCUT2D eigenvalue weighted by Crippen LogP contribution is 2.22. The zero-order chi connectivity index (χ0) is 9.42. The summed E-state index contributed by atoms with van der Waals surface area (Å²) < 4.78 is 4.06. The number of carbonyl (C=O) groups is 1. The summed E-state index contributed by atoms with van der Waals surface area (Å²) in [6, 6.07) is 3.40. The Kier molecular flexibility index (Phi) is 1.77. The van der Waals surface area contributed by atoms with Gasteiger partial charge >= 0.3 is 5.97 Å². The van der Waals surface area contributed by atoms with E-state index >= 15 is 0 Å². The highest BCUT2D eigenvalue weighted by atomic mass is 32.1. The maximum Gasteiger partial charge on any atom is 0.337 e. The molecule has 3 nitrogen and oxygen atoms in total. The minimum Gasteiger partial charge on any atom is -0.478 e. The zero-order valence-corrected chi connectivity index (χ0v) is 7.76. The third-order valence-corrected chi connectivity index (χ3v) is 2.61. The molecular formula is C9H7NO2S. The summed E-state index contributed by atoms with van der Waals surface area (Å²) in [7, 11) is 0. The predicted octanol–water partition coefficient (Wildman–Crippen LogP) is 2.30. The van der Waals surface area contributed by atoms with E-state index < -0.39 is 5.97 Å². The van der Waals surface area contributed by atoms with Crippen molar-refractivity contribution in [2.45, 2.75) is 6.92 Å². The molecule has 2 rings (SSSR count). The molecule has 0 bridgehead atoms. The molecule has 0 aliphatic heterocycles. The Labute approximate surface area is 78.8 Å². The first-order valence-electron chi connectivity index (χ1n) is 3.77. The lowest BCUT2D eigenvalue weighted by Gasteiger charge is -1.98. The molecule has 1 aromatic heterocycles. The molecule has 13 heavy (non-hydrogen) atoms. The largest absolute Gasteiger partial charge is 0.478 e. The van der Waals surface area contributed by atoms with E-state index in [0.717, 1.165) is 10.9 Å². The fourth-order valence-electron chi connectivity index (χ4n) is 1.26. The molecule has 0 saturated carbocycles. The maximum absolute atomic E-state index is 10.8. The number of rotatable bonds is 1. The number of aromatic nitrogens is 1. The van der Waals surface area contributed by atoms with Gasteiger partial charge in [-0.05, 0) is 30.1 Å². The van der Waals surface area contributed by atoms with E-state index in [9.17, 15) is 4.79 Å². The van der Waals surface area contributed by atoms with Gasteiger partial charge in [-0.3, -0.25) is 0 Å². The number of hydrogen-bond acceptors (Lipinski definition) is 3. The highest BCUT2D eigenvalue weighted by molar-refractivity contribution is 7.04. The summed E-state index contributed by atoms with van der Waals surface area (Å²) in [6.07, 6.45) is 0. The standard InChI is InChI=1S/C9H7NO2S/c1-5-2-3-6(9(11)12)8-7(5)4-13-10-8/h2-4H,1H3,(H,11,12). The van der Waals surface area contributed by atoms with Gasteiger partial charge in [0.15, 0.2) is 0 Å². The summed E-state index contributed by atoms with van der Waals surface area (Å²) in [6.45, 7) is 1.95. The van der Waals surface area contributed by atoms with Crippen LogP contribution < -0.4 is 0 Å². The minimum absolute atomic E-state index is 0.279. The quantitative estimate of drug-likeness (QED) is 0.756. The van der Waals surface area contributed by atoms with E-state index in [2.05, 4.69) is 4.37 Å².